The Morgan fingerprint density at radius 3 is 2.87 bits per heavy atom. The van der Waals surface area contributed by atoms with Gasteiger partial charge in [0.25, 0.3) is 0 Å². The van der Waals surface area contributed by atoms with Crippen LogP contribution in [0.15, 0.2) is 36.9 Å². The van der Waals surface area contributed by atoms with E-state index in [-0.39, 0.29) is 12.2 Å². The first-order chi connectivity index (χ1) is 7.24. The van der Waals surface area contributed by atoms with E-state index in [4.69, 9.17) is 4.74 Å². The van der Waals surface area contributed by atoms with Crippen LogP contribution in [0.2, 0.25) is 0 Å². The average molecular weight is 208 g/mol. The van der Waals surface area contributed by atoms with Crippen LogP contribution in [-0.4, -0.2) is 5.97 Å². The molecule has 3 heteroatoms. The van der Waals surface area contributed by atoms with Crippen molar-refractivity contribution in [3.05, 3.63) is 42.7 Å². The van der Waals surface area contributed by atoms with Gasteiger partial charge in [-0.15, -0.1) is 6.58 Å². The summed E-state index contributed by atoms with van der Waals surface area (Å²) in [5, 5.41) is 0. The molecule has 0 fully saturated rings. The van der Waals surface area contributed by atoms with Crippen molar-refractivity contribution in [1.82, 2.24) is 0 Å². The molecule has 2 nitrogen and oxygen atoms in total. The number of rotatable bonds is 5. The molecule has 0 amide bonds. The highest BCUT2D eigenvalue weighted by molar-refractivity contribution is 5.72. The molecule has 0 aliphatic rings. The maximum absolute atomic E-state index is 13.0. The standard InChI is InChI=1S/C12H13FO2/c1-2-3-4-9-12(14)15-11-8-6-5-7-10(11)13/h2,5-8H,1,3-4,9H2. The maximum Gasteiger partial charge on any atom is 0.311 e. The third kappa shape index (κ3) is 3.94. The van der Waals surface area contributed by atoms with Gasteiger partial charge in [0.15, 0.2) is 11.6 Å². The summed E-state index contributed by atoms with van der Waals surface area (Å²) in [7, 11) is 0. The van der Waals surface area contributed by atoms with Crippen LogP contribution in [0.1, 0.15) is 19.3 Å². The van der Waals surface area contributed by atoms with Crippen LogP contribution in [0, 0.1) is 5.82 Å². The normalized spacial score (nSPS) is 9.67. The molecule has 0 N–H and O–H groups in total. The minimum atomic E-state index is -0.519. The van der Waals surface area contributed by atoms with E-state index in [1.165, 1.54) is 12.1 Å². The molecule has 1 rings (SSSR count). The van der Waals surface area contributed by atoms with Crippen LogP contribution in [0.4, 0.5) is 4.39 Å². The quantitative estimate of drug-likeness (QED) is 0.321. The highest BCUT2D eigenvalue weighted by atomic mass is 19.1. The highest BCUT2D eigenvalue weighted by Gasteiger charge is 2.07. The van der Waals surface area contributed by atoms with Crippen molar-refractivity contribution in [2.45, 2.75) is 19.3 Å². The third-order valence-corrected chi connectivity index (χ3v) is 1.85. The van der Waals surface area contributed by atoms with Crippen molar-refractivity contribution in [2.24, 2.45) is 0 Å². The second-order valence-corrected chi connectivity index (χ2v) is 3.09. The summed E-state index contributed by atoms with van der Waals surface area (Å²) in [5.74, 6) is -0.947. The average Bonchev–Trinajstić information content (AvgIpc) is 2.22. The van der Waals surface area contributed by atoms with E-state index in [1.807, 2.05) is 0 Å². The lowest BCUT2D eigenvalue weighted by Crippen LogP contribution is -2.08. The number of hydrogen-bond acceptors (Lipinski definition) is 2. The molecule has 0 aliphatic heterocycles. The van der Waals surface area contributed by atoms with Crippen LogP contribution in [-0.2, 0) is 4.79 Å². The number of esters is 1. The topological polar surface area (TPSA) is 26.3 Å². The molecule has 0 bridgehead atoms. The molecule has 1 aromatic rings. The summed E-state index contributed by atoms with van der Waals surface area (Å²) in [5.41, 5.74) is 0. The first kappa shape index (κ1) is 11.4. The Morgan fingerprint density at radius 2 is 2.20 bits per heavy atom. The summed E-state index contributed by atoms with van der Waals surface area (Å²) in [6.07, 6.45) is 3.44. The molecule has 0 unspecified atom stereocenters. The number of allylic oxidation sites excluding steroid dienone is 1. The number of carbonyl (C=O) groups excluding carboxylic acids is 1. The van der Waals surface area contributed by atoms with E-state index in [0.29, 0.717) is 6.42 Å². The Morgan fingerprint density at radius 1 is 1.47 bits per heavy atom. The Labute approximate surface area is 88.4 Å². The molecule has 0 aliphatic carbocycles. The molecular formula is C12H13FO2. The monoisotopic (exact) mass is 208 g/mol. The number of para-hydroxylation sites is 1. The smallest absolute Gasteiger partial charge is 0.311 e. The lowest BCUT2D eigenvalue weighted by molar-refractivity contribution is -0.134. The maximum atomic E-state index is 13.0. The summed E-state index contributed by atoms with van der Waals surface area (Å²) in [6.45, 7) is 3.54. The van der Waals surface area contributed by atoms with E-state index in [9.17, 15) is 9.18 Å². The third-order valence-electron chi connectivity index (χ3n) is 1.85. The van der Waals surface area contributed by atoms with Gasteiger partial charge in [0.2, 0.25) is 0 Å². The lowest BCUT2D eigenvalue weighted by Gasteiger charge is -2.03. The van der Waals surface area contributed by atoms with Gasteiger partial charge in [0.1, 0.15) is 0 Å². The van der Waals surface area contributed by atoms with Gasteiger partial charge < -0.3 is 4.74 Å². The molecule has 0 heterocycles. The molecule has 15 heavy (non-hydrogen) atoms. The minimum absolute atomic E-state index is 0.0129. The molecule has 80 valence electrons. The van der Waals surface area contributed by atoms with Gasteiger partial charge in [-0.25, -0.2) is 4.39 Å². The molecule has 0 radical (unpaired) electrons. The van der Waals surface area contributed by atoms with E-state index >= 15 is 0 Å². The summed E-state index contributed by atoms with van der Waals surface area (Å²) < 4.78 is 17.9. The van der Waals surface area contributed by atoms with Crippen LogP contribution in [0.5, 0.6) is 5.75 Å². The Hall–Kier alpha value is -1.64. The van der Waals surface area contributed by atoms with Gasteiger partial charge in [0.05, 0.1) is 0 Å². The Bertz CT molecular complexity index is 347. The molecule has 1 aromatic carbocycles. The molecule has 0 aromatic heterocycles. The van der Waals surface area contributed by atoms with E-state index in [2.05, 4.69) is 6.58 Å². The highest BCUT2D eigenvalue weighted by Crippen LogP contribution is 2.16. The second-order valence-electron chi connectivity index (χ2n) is 3.09. The summed E-state index contributed by atoms with van der Waals surface area (Å²) in [4.78, 5) is 11.2. The first-order valence-electron chi connectivity index (χ1n) is 4.80. The number of halogens is 1. The molecule has 0 atom stereocenters. The van der Waals surface area contributed by atoms with Crippen LogP contribution < -0.4 is 4.74 Å². The first-order valence-corrected chi connectivity index (χ1v) is 4.80. The van der Waals surface area contributed by atoms with Gasteiger partial charge >= 0.3 is 5.97 Å². The van der Waals surface area contributed by atoms with Crippen LogP contribution >= 0.6 is 0 Å². The zero-order valence-electron chi connectivity index (χ0n) is 8.41. The number of ether oxygens (including phenoxy) is 1. The molecule has 0 spiro atoms. The van der Waals surface area contributed by atoms with Crippen molar-refractivity contribution in [3.8, 4) is 5.75 Å². The predicted molar refractivity (Wildman–Crippen MR) is 56.1 cm³/mol. The number of carbonyl (C=O) groups is 1. The van der Waals surface area contributed by atoms with Crippen molar-refractivity contribution >= 4 is 5.97 Å². The fourth-order valence-corrected chi connectivity index (χ4v) is 1.09. The molecular weight excluding hydrogens is 195 g/mol. The predicted octanol–water partition coefficient (Wildman–Crippen LogP) is 3.09. The largest absolute Gasteiger partial charge is 0.423 e. The van der Waals surface area contributed by atoms with Crippen LogP contribution in [0.25, 0.3) is 0 Å². The van der Waals surface area contributed by atoms with Gasteiger partial charge in [-0.1, -0.05) is 18.2 Å². The van der Waals surface area contributed by atoms with Crippen molar-refractivity contribution < 1.29 is 13.9 Å². The molecule has 0 saturated carbocycles. The zero-order valence-corrected chi connectivity index (χ0v) is 8.41. The van der Waals surface area contributed by atoms with Gasteiger partial charge in [-0.2, -0.15) is 0 Å². The zero-order chi connectivity index (χ0) is 11.1. The summed E-state index contributed by atoms with van der Waals surface area (Å²) in [6, 6.07) is 5.85. The van der Waals surface area contributed by atoms with E-state index in [0.717, 1.165) is 6.42 Å². The van der Waals surface area contributed by atoms with Crippen molar-refractivity contribution in [1.29, 1.82) is 0 Å². The van der Waals surface area contributed by atoms with Gasteiger partial charge in [-0.05, 0) is 25.0 Å². The number of unbranched alkanes of at least 4 members (excludes halogenated alkanes) is 1. The van der Waals surface area contributed by atoms with Crippen molar-refractivity contribution in [2.75, 3.05) is 0 Å². The Kier molecular flexibility index (Phi) is 4.54. The molecule has 0 saturated heterocycles. The fraction of sp³-hybridized carbons (Fsp3) is 0.250. The second kappa shape index (κ2) is 5.96. The van der Waals surface area contributed by atoms with E-state index < -0.39 is 11.8 Å². The Balaban J connectivity index is 2.44. The van der Waals surface area contributed by atoms with Crippen molar-refractivity contribution in [3.63, 3.8) is 0 Å². The van der Waals surface area contributed by atoms with Gasteiger partial charge in [-0.3, -0.25) is 4.79 Å². The van der Waals surface area contributed by atoms with Gasteiger partial charge in [0, 0.05) is 6.42 Å². The number of hydrogen-bond donors (Lipinski definition) is 0. The fourth-order valence-electron chi connectivity index (χ4n) is 1.09. The van der Waals surface area contributed by atoms with E-state index in [1.54, 1.807) is 18.2 Å². The lowest BCUT2D eigenvalue weighted by atomic mass is 10.2. The van der Waals surface area contributed by atoms with Crippen LogP contribution in [0.3, 0.4) is 0 Å². The SMILES string of the molecule is C=CCCCC(=O)Oc1ccccc1F. The number of benzene rings is 1. The minimum Gasteiger partial charge on any atom is -0.423 e. The summed E-state index contributed by atoms with van der Waals surface area (Å²) >= 11 is 0.